The smallest absolute Gasteiger partial charge is 0.159 e. The number of halogens is 2. The topological polar surface area (TPSA) is 27.0 Å². The molecular weight excluding hydrogens is 198 g/mol. The number of benzene rings is 1. The van der Waals surface area contributed by atoms with Crippen molar-refractivity contribution in [2.45, 2.75) is 19.5 Å². The van der Waals surface area contributed by atoms with Gasteiger partial charge in [-0.15, -0.1) is 0 Å². The Balaban J connectivity index is 2.74. The summed E-state index contributed by atoms with van der Waals surface area (Å²) in [6.07, 6.45) is 0. The first-order chi connectivity index (χ1) is 7.04. The van der Waals surface area contributed by atoms with Gasteiger partial charge < -0.3 is 0 Å². The van der Waals surface area contributed by atoms with Crippen LogP contribution in [0.2, 0.25) is 0 Å². The summed E-state index contributed by atoms with van der Waals surface area (Å²) < 4.78 is 25.5. The summed E-state index contributed by atoms with van der Waals surface area (Å²) >= 11 is 0. The lowest BCUT2D eigenvalue weighted by Gasteiger charge is -2.18. The van der Waals surface area contributed by atoms with Gasteiger partial charge in [0.1, 0.15) is 0 Å². The van der Waals surface area contributed by atoms with Crippen LogP contribution in [-0.4, -0.2) is 18.0 Å². The minimum atomic E-state index is -0.856. The van der Waals surface area contributed by atoms with E-state index in [9.17, 15) is 8.78 Å². The Kier molecular flexibility index (Phi) is 3.75. The number of nitrogens with zero attached hydrogens (tertiary/aromatic N) is 2. The number of hydrogen-bond acceptors (Lipinski definition) is 2. The van der Waals surface area contributed by atoms with Crippen molar-refractivity contribution < 1.29 is 8.78 Å². The number of nitriles is 1. The van der Waals surface area contributed by atoms with Gasteiger partial charge in [0, 0.05) is 6.54 Å². The van der Waals surface area contributed by atoms with Crippen LogP contribution in [0.5, 0.6) is 0 Å². The highest BCUT2D eigenvalue weighted by Crippen LogP contribution is 2.11. The summed E-state index contributed by atoms with van der Waals surface area (Å²) in [7, 11) is 1.76. The highest BCUT2D eigenvalue weighted by atomic mass is 19.2. The largest absolute Gasteiger partial charge is 0.287 e. The zero-order valence-electron chi connectivity index (χ0n) is 8.67. The molecule has 1 rings (SSSR count). The molecule has 0 aliphatic carbocycles. The molecular formula is C11H12F2N2. The first-order valence-corrected chi connectivity index (χ1v) is 4.58. The fraction of sp³-hybridized carbons (Fsp3) is 0.364. The second-order valence-corrected chi connectivity index (χ2v) is 3.47. The van der Waals surface area contributed by atoms with E-state index in [1.54, 1.807) is 18.9 Å². The quantitative estimate of drug-likeness (QED) is 0.765. The van der Waals surface area contributed by atoms with Crippen LogP contribution >= 0.6 is 0 Å². The lowest BCUT2D eigenvalue weighted by Crippen LogP contribution is -2.27. The van der Waals surface area contributed by atoms with Crippen LogP contribution in [0.1, 0.15) is 12.5 Å². The maximum Gasteiger partial charge on any atom is 0.159 e. The van der Waals surface area contributed by atoms with Crippen molar-refractivity contribution in [2.24, 2.45) is 0 Å². The van der Waals surface area contributed by atoms with Crippen LogP contribution in [0, 0.1) is 23.0 Å². The van der Waals surface area contributed by atoms with E-state index in [4.69, 9.17) is 5.26 Å². The van der Waals surface area contributed by atoms with E-state index in [0.29, 0.717) is 12.1 Å². The average Bonchev–Trinajstić information content (AvgIpc) is 2.22. The molecule has 0 saturated carbocycles. The van der Waals surface area contributed by atoms with E-state index in [-0.39, 0.29) is 6.04 Å². The lowest BCUT2D eigenvalue weighted by molar-refractivity contribution is 0.294. The van der Waals surface area contributed by atoms with Crippen LogP contribution < -0.4 is 0 Å². The van der Waals surface area contributed by atoms with Crippen molar-refractivity contribution in [2.75, 3.05) is 7.05 Å². The summed E-state index contributed by atoms with van der Waals surface area (Å²) in [5.74, 6) is -1.71. The zero-order valence-corrected chi connectivity index (χ0v) is 8.67. The van der Waals surface area contributed by atoms with E-state index in [2.05, 4.69) is 6.07 Å². The minimum absolute atomic E-state index is 0.252. The van der Waals surface area contributed by atoms with Gasteiger partial charge in [-0.2, -0.15) is 5.26 Å². The van der Waals surface area contributed by atoms with Crippen molar-refractivity contribution in [3.63, 3.8) is 0 Å². The maximum absolute atomic E-state index is 12.9. The van der Waals surface area contributed by atoms with Gasteiger partial charge in [-0.1, -0.05) is 6.07 Å². The van der Waals surface area contributed by atoms with Crippen molar-refractivity contribution >= 4 is 0 Å². The summed E-state index contributed by atoms with van der Waals surface area (Å²) in [4.78, 5) is 1.76. The molecule has 0 radical (unpaired) electrons. The first-order valence-electron chi connectivity index (χ1n) is 4.58. The molecule has 1 unspecified atom stereocenters. The molecule has 0 fully saturated rings. The molecule has 0 aliphatic rings. The molecule has 15 heavy (non-hydrogen) atoms. The Bertz CT molecular complexity index is 385. The molecule has 0 aliphatic heterocycles. The Hall–Kier alpha value is -1.47. The molecule has 80 valence electrons. The van der Waals surface area contributed by atoms with Crippen LogP contribution in [-0.2, 0) is 6.54 Å². The summed E-state index contributed by atoms with van der Waals surface area (Å²) in [5.41, 5.74) is 0.651. The monoisotopic (exact) mass is 210 g/mol. The standard InChI is InChI=1S/C11H12F2N2/c1-8(6-14)15(2)7-9-3-4-10(12)11(13)5-9/h3-5,8H,7H2,1-2H3. The highest BCUT2D eigenvalue weighted by molar-refractivity contribution is 5.17. The van der Waals surface area contributed by atoms with E-state index in [1.165, 1.54) is 6.07 Å². The molecule has 1 aromatic carbocycles. The van der Waals surface area contributed by atoms with E-state index < -0.39 is 11.6 Å². The third-order valence-electron chi connectivity index (χ3n) is 2.26. The van der Waals surface area contributed by atoms with Crippen LogP contribution in [0.4, 0.5) is 8.78 Å². The minimum Gasteiger partial charge on any atom is -0.287 e. The van der Waals surface area contributed by atoms with Gasteiger partial charge in [0.15, 0.2) is 11.6 Å². The highest BCUT2D eigenvalue weighted by Gasteiger charge is 2.09. The second-order valence-electron chi connectivity index (χ2n) is 3.47. The maximum atomic E-state index is 12.9. The van der Waals surface area contributed by atoms with Gasteiger partial charge >= 0.3 is 0 Å². The Labute approximate surface area is 87.7 Å². The summed E-state index contributed by atoms with van der Waals surface area (Å²) in [6.45, 7) is 2.17. The molecule has 0 aromatic heterocycles. The van der Waals surface area contributed by atoms with Crippen molar-refractivity contribution in [3.05, 3.63) is 35.4 Å². The van der Waals surface area contributed by atoms with Gasteiger partial charge in [0.2, 0.25) is 0 Å². The molecule has 0 amide bonds. The van der Waals surface area contributed by atoms with Crippen LogP contribution in [0.3, 0.4) is 0 Å². The molecule has 2 nitrogen and oxygen atoms in total. The normalized spacial score (nSPS) is 12.5. The Morgan fingerprint density at radius 3 is 2.60 bits per heavy atom. The van der Waals surface area contributed by atoms with Crippen molar-refractivity contribution in [1.29, 1.82) is 5.26 Å². The van der Waals surface area contributed by atoms with Crippen molar-refractivity contribution in [1.82, 2.24) is 4.90 Å². The predicted molar refractivity (Wildman–Crippen MR) is 52.9 cm³/mol. The molecule has 1 atom stereocenters. The molecule has 0 saturated heterocycles. The van der Waals surface area contributed by atoms with Crippen LogP contribution in [0.15, 0.2) is 18.2 Å². The van der Waals surface area contributed by atoms with Crippen molar-refractivity contribution in [3.8, 4) is 6.07 Å². The van der Waals surface area contributed by atoms with E-state index >= 15 is 0 Å². The SMILES string of the molecule is CC(C#N)N(C)Cc1ccc(F)c(F)c1. The Morgan fingerprint density at radius 2 is 2.07 bits per heavy atom. The summed E-state index contributed by atoms with van der Waals surface area (Å²) in [6, 6.07) is 5.57. The van der Waals surface area contributed by atoms with Gasteiger partial charge in [-0.3, -0.25) is 4.90 Å². The van der Waals surface area contributed by atoms with Gasteiger partial charge in [-0.25, -0.2) is 8.78 Å². The van der Waals surface area contributed by atoms with Gasteiger partial charge in [0.25, 0.3) is 0 Å². The van der Waals surface area contributed by atoms with E-state index in [1.807, 2.05) is 0 Å². The van der Waals surface area contributed by atoms with Crippen LogP contribution in [0.25, 0.3) is 0 Å². The predicted octanol–water partition coefficient (Wildman–Crippen LogP) is 2.31. The Morgan fingerprint density at radius 1 is 1.40 bits per heavy atom. The second kappa shape index (κ2) is 4.85. The number of hydrogen-bond donors (Lipinski definition) is 0. The lowest BCUT2D eigenvalue weighted by atomic mass is 10.2. The third-order valence-corrected chi connectivity index (χ3v) is 2.26. The molecule has 0 spiro atoms. The number of rotatable bonds is 3. The molecule has 1 aromatic rings. The first kappa shape index (κ1) is 11.6. The van der Waals surface area contributed by atoms with Gasteiger partial charge in [-0.05, 0) is 31.7 Å². The van der Waals surface area contributed by atoms with E-state index in [0.717, 1.165) is 12.1 Å². The third kappa shape index (κ3) is 3.00. The molecule has 0 bridgehead atoms. The van der Waals surface area contributed by atoms with Gasteiger partial charge in [0.05, 0.1) is 12.1 Å². The fourth-order valence-electron chi connectivity index (χ4n) is 1.16. The average molecular weight is 210 g/mol. The molecule has 0 N–H and O–H groups in total. The molecule has 4 heteroatoms. The fourth-order valence-corrected chi connectivity index (χ4v) is 1.16. The zero-order chi connectivity index (χ0) is 11.4. The summed E-state index contributed by atoms with van der Waals surface area (Å²) in [5, 5.41) is 8.66. The molecule has 0 heterocycles.